The van der Waals surface area contributed by atoms with Gasteiger partial charge in [-0.05, 0) is 55.8 Å². The van der Waals surface area contributed by atoms with Crippen LogP contribution >= 0.6 is 0 Å². The second kappa shape index (κ2) is 7.44. The van der Waals surface area contributed by atoms with Gasteiger partial charge in [0.2, 0.25) is 0 Å². The summed E-state index contributed by atoms with van der Waals surface area (Å²) in [4.78, 5) is 2.48. The van der Waals surface area contributed by atoms with Crippen LogP contribution in [-0.2, 0) is 16.3 Å². The predicted octanol–water partition coefficient (Wildman–Crippen LogP) is 4.87. The van der Waals surface area contributed by atoms with Crippen molar-refractivity contribution in [1.82, 2.24) is 4.90 Å². The maximum atomic E-state index is 12.7. The molecule has 1 aromatic carbocycles. The third-order valence-corrected chi connectivity index (χ3v) is 5.15. The van der Waals surface area contributed by atoms with Gasteiger partial charge in [-0.3, -0.25) is 4.90 Å². The summed E-state index contributed by atoms with van der Waals surface area (Å²) in [7, 11) is 1.73. The van der Waals surface area contributed by atoms with E-state index in [0.29, 0.717) is 12.1 Å². The Balaban J connectivity index is 2.07. The quantitative estimate of drug-likeness (QED) is 0.730. The first kappa shape index (κ1) is 19.3. The number of rotatable bonds is 6. The molecule has 1 saturated heterocycles. The van der Waals surface area contributed by atoms with Crippen LogP contribution < -0.4 is 0 Å². The SMILES string of the molecule is COCC1CCCN1C(C)CC(C)(C)c1ccc(C(F)(F)F)cc1. The zero-order valence-corrected chi connectivity index (χ0v) is 15.0. The van der Waals surface area contributed by atoms with Gasteiger partial charge in [0.25, 0.3) is 0 Å². The van der Waals surface area contributed by atoms with Crippen molar-refractivity contribution >= 4 is 0 Å². The van der Waals surface area contributed by atoms with Gasteiger partial charge in [-0.25, -0.2) is 0 Å². The molecule has 0 bridgehead atoms. The molecule has 0 spiro atoms. The van der Waals surface area contributed by atoms with Gasteiger partial charge < -0.3 is 4.74 Å². The zero-order chi connectivity index (χ0) is 18.0. The van der Waals surface area contributed by atoms with Gasteiger partial charge in [-0.2, -0.15) is 13.2 Å². The number of halogens is 3. The van der Waals surface area contributed by atoms with E-state index in [1.54, 1.807) is 19.2 Å². The van der Waals surface area contributed by atoms with Crippen molar-refractivity contribution in [1.29, 1.82) is 0 Å². The molecule has 5 heteroatoms. The van der Waals surface area contributed by atoms with E-state index in [2.05, 4.69) is 25.7 Å². The molecule has 1 aliphatic rings. The highest BCUT2D eigenvalue weighted by Gasteiger charge is 2.34. The van der Waals surface area contributed by atoms with E-state index in [-0.39, 0.29) is 5.41 Å². The number of nitrogens with zero attached hydrogens (tertiary/aromatic N) is 1. The maximum Gasteiger partial charge on any atom is 0.416 e. The number of hydrogen-bond acceptors (Lipinski definition) is 2. The molecule has 2 rings (SSSR count). The molecule has 0 aromatic heterocycles. The molecule has 0 saturated carbocycles. The second-order valence-electron chi connectivity index (χ2n) is 7.50. The minimum absolute atomic E-state index is 0.177. The first-order valence-electron chi connectivity index (χ1n) is 8.57. The highest BCUT2D eigenvalue weighted by Crippen LogP contribution is 2.35. The van der Waals surface area contributed by atoms with E-state index < -0.39 is 11.7 Å². The average molecular weight is 343 g/mol. The molecule has 1 heterocycles. The van der Waals surface area contributed by atoms with Crippen molar-refractivity contribution in [2.24, 2.45) is 0 Å². The largest absolute Gasteiger partial charge is 0.416 e. The first-order chi connectivity index (χ1) is 11.1. The van der Waals surface area contributed by atoms with Gasteiger partial charge in [0.05, 0.1) is 12.2 Å². The lowest BCUT2D eigenvalue weighted by Crippen LogP contribution is -2.42. The van der Waals surface area contributed by atoms with Crippen molar-refractivity contribution in [3.05, 3.63) is 35.4 Å². The fraction of sp³-hybridized carbons (Fsp3) is 0.684. The molecule has 0 aliphatic carbocycles. The van der Waals surface area contributed by atoms with E-state index in [4.69, 9.17) is 4.74 Å². The summed E-state index contributed by atoms with van der Waals surface area (Å²) in [5.41, 5.74) is 0.184. The molecule has 24 heavy (non-hydrogen) atoms. The molecule has 1 aliphatic heterocycles. The van der Waals surface area contributed by atoms with E-state index >= 15 is 0 Å². The summed E-state index contributed by atoms with van der Waals surface area (Å²) in [5, 5.41) is 0. The lowest BCUT2D eigenvalue weighted by molar-refractivity contribution is -0.137. The Morgan fingerprint density at radius 2 is 1.75 bits per heavy atom. The lowest BCUT2D eigenvalue weighted by atomic mass is 9.78. The molecule has 0 amide bonds. The van der Waals surface area contributed by atoms with Gasteiger partial charge >= 0.3 is 6.18 Å². The van der Waals surface area contributed by atoms with Crippen LogP contribution in [0.15, 0.2) is 24.3 Å². The molecule has 1 fully saturated rings. The van der Waals surface area contributed by atoms with Gasteiger partial charge in [0.15, 0.2) is 0 Å². The average Bonchev–Trinajstić information content (AvgIpc) is 2.95. The van der Waals surface area contributed by atoms with Gasteiger partial charge in [0, 0.05) is 19.2 Å². The number of ether oxygens (including phenoxy) is 1. The van der Waals surface area contributed by atoms with E-state index in [1.165, 1.54) is 18.6 Å². The third-order valence-electron chi connectivity index (χ3n) is 5.15. The highest BCUT2D eigenvalue weighted by molar-refractivity contribution is 5.29. The van der Waals surface area contributed by atoms with Crippen molar-refractivity contribution in [3.63, 3.8) is 0 Å². The van der Waals surface area contributed by atoms with Crippen molar-refractivity contribution < 1.29 is 17.9 Å². The number of likely N-dealkylation sites (tertiary alicyclic amines) is 1. The molecule has 0 radical (unpaired) electrons. The summed E-state index contributed by atoms with van der Waals surface area (Å²) in [6, 6.07) is 6.42. The number of hydrogen-bond donors (Lipinski definition) is 0. The van der Waals surface area contributed by atoms with Gasteiger partial charge in [-0.15, -0.1) is 0 Å². The summed E-state index contributed by atoms with van der Waals surface area (Å²) in [5.74, 6) is 0. The first-order valence-corrected chi connectivity index (χ1v) is 8.57. The molecule has 0 N–H and O–H groups in total. The van der Waals surface area contributed by atoms with Crippen molar-refractivity contribution in [2.45, 2.75) is 63.7 Å². The Morgan fingerprint density at radius 3 is 2.29 bits per heavy atom. The van der Waals surface area contributed by atoms with Gasteiger partial charge in [-0.1, -0.05) is 26.0 Å². The topological polar surface area (TPSA) is 12.5 Å². The van der Waals surface area contributed by atoms with Crippen molar-refractivity contribution in [2.75, 3.05) is 20.3 Å². The smallest absolute Gasteiger partial charge is 0.383 e. The summed E-state index contributed by atoms with van der Waals surface area (Å²) >= 11 is 0. The summed E-state index contributed by atoms with van der Waals surface area (Å²) in [6.45, 7) is 8.23. The monoisotopic (exact) mass is 343 g/mol. The lowest BCUT2D eigenvalue weighted by Gasteiger charge is -2.36. The van der Waals surface area contributed by atoms with Crippen molar-refractivity contribution in [3.8, 4) is 0 Å². The normalized spacial score (nSPS) is 21.2. The molecule has 136 valence electrons. The molecular weight excluding hydrogens is 315 g/mol. The van der Waals surface area contributed by atoms with Crippen LogP contribution in [0.5, 0.6) is 0 Å². The van der Waals surface area contributed by atoms with Crippen LogP contribution in [0.3, 0.4) is 0 Å². The summed E-state index contributed by atoms with van der Waals surface area (Å²) in [6.07, 6.45) is -1.05. The van der Waals surface area contributed by atoms with Crippen LogP contribution in [0, 0.1) is 0 Å². The zero-order valence-electron chi connectivity index (χ0n) is 15.0. The van der Waals surface area contributed by atoms with Gasteiger partial charge in [0.1, 0.15) is 0 Å². The van der Waals surface area contributed by atoms with Crippen LogP contribution in [0.1, 0.15) is 51.2 Å². The number of alkyl halides is 3. The Hall–Kier alpha value is -1.07. The molecular formula is C19H28F3NO. The van der Waals surface area contributed by atoms with E-state index in [9.17, 15) is 13.2 Å². The van der Waals surface area contributed by atoms with Crippen LogP contribution in [-0.4, -0.2) is 37.2 Å². The molecule has 2 atom stereocenters. The molecule has 1 aromatic rings. The Bertz CT molecular complexity index is 524. The van der Waals surface area contributed by atoms with Crippen LogP contribution in [0.25, 0.3) is 0 Å². The molecule has 2 nitrogen and oxygen atoms in total. The third kappa shape index (κ3) is 4.51. The Labute approximate surface area is 143 Å². The molecule has 2 unspecified atom stereocenters. The van der Waals surface area contributed by atoms with E-state index in [0.717, 1.165) is 31.6 Å². The van der Waals surface area contributed by atoms with Crippen LogP contribution in [0.4, 0.5) is 13.2 Å². The predicted molar refractivity (Wildman–Crippen MR) is 90.2 cm³/mol. The number of methoxy groups -OCH3 is 1. The Kier molecular flexibility index (Phi) is 5.97. The summed E-state index contributed by atoms with van der Waals surface area (Å²) < 4.78 is 43.5. The highest BCUT2D eigenvalue weighted by atomic mass is 19.4. The fourth-order valence-electron chi connectivity index (χ4n) is 3.89. The standard InChI is InChI=1S/C19H28F3NO/c1-14(23-11-5-6-17(23)13-24-4)12-18(2,3)15-7-9-16(10-8-15)19(20,21)22/h7-10,14,17H,5-6,11-13H2,1-4H3. The number of benzene rings is 1. The van der Waals surface area contributed by atoms with Crippen LogP contribution in [0.2, 0.25) is 0 Å². The minimum atomic E-state index is -4.28. The van der Waals surface area contributed by atoms with E-state index in [1.807, 2.05) is 0 Å². The Morgan fingerprint density at radius 1 is 1.17 bits per heavy atom. The maximum absolute atomic E-state index is 12.7. The minimum Gasteiger partial charge on any atom is -0.383 e. The fourth-order valence-corrected chi connectivity index (χ4v) is 3.89. The second-order valence-corrected chi connectivity index (χ2v) is 7.50.